The number of nitrogens with one attached hydrogen (secondary N) is 1. The molecule has 0 heterocycles. The van der Waals surface area contributed by atoms with Crippen LogP contribution in [0.2, 0.25) is 0 Å². The minimum atomic E-state index is -1.15. The van der Waals surface area contributed by atoms with Gasteiger partial charge in [-0.15, -0.1) is 0 Å². The highest BCUT2D eigenvalue weighted by atomic mass is 125. The number of rotatable bonds is 6. The molecule has 19 heavy (non-hydrogen) atoms. The molecule has 1 amide bonds. The molecule has 0 bridgehead atoms. The average Bonchev–Trinajstić information content (AvgIpc) is 2.37. The van der Waals surface area contributed by atoms with Crippen molar-refractivity contribution in [2.24, 2.45) is 5.73 Å². The Labute approximate surface area is 123 Å². The number of halogens is 2. The van der Waals surface area contributed by atoms with Crippen molar-refractivity contribution in [3.8, 4) is 0 Å². The molecular formula is C12H14FIN2O3. The van der Waals surface area contributed by atoms with Gasteiger partial charge in [0.05, 0.1) is 0 Å². The van der Waals surface area contributed by atoms with E-state index in [2.05, 4.69) is 27.9 Å². The molecule has 5 nitrogen and oxygen atoms in total. The smallest absolute Gasteiger partial charge is 0.320 e. The zero-order valence-corrected chi connectivity index (χ0v) is 12.2. The van der Waals surface area contributed by atoms with Gasteiger partial charge < -0.3 is 16.2 Å². The number of benzene rings is 1. The third-order valence-electron chi connectivity index (χ3n) is 2.48. The quantitative estimate of drug-likeness (QED) is 0.660. The van der Waals surface area contributed by atoms with E-state index in [-0.39, 0.29) is 18.7 Å². The summed E-state index contributed by atoms with van der Waals surface area (Å²) in [5.74, 6) is -1.53. The van der Waals surface area contributed by atoms with Crippen molar-refractivity contribution < 1.29 is 19.1 Å². The molecule has 0 aliphatic carbocycles. The molecular weight excluding hydrogens is 364 g/mol. The van der Waals surface area contributed by atoms with Crippen molar-refractivity contribution in [1.82, 2.24) is 0 Å². The predicted molar refractivity (Wildman–Crippen MR) is 77.4 cm³/mol. The topological polar surface area (TPSA) is 92.4 Å². The summed E-state index contributed by atoms with van der Waals surface area (Å²) in [5.41, 5.74) is 6.08. The van der Waals surface area contributed by atoms with Crippen LogP contribution in [0.4, 0.5) is 10.1 Å². The number of amides is 1. The fourth-order valence-electron chi connectivity index (χ4n) is 1.42. The summed E-state index contributed by atoms with van der Waals surface area (Å²) in [6.07, 6.45) is 0.0155. The summed E-state index contributed by atoms with van der Waals surface area (Å²) >= 11 is 2.05. The highest BCUT2D eigenvalue weighted by Gasteiger charge is 2.14. The molecule has 0 aliphatic rings. The third kappa shape index (κ3) is 5.11. The highest BCUT2D eigenvalue weighted by Crippen LogP contribution is 2.20. The van der Waals surface area contributed by atoms with Gasteiger partial charge in [0, 0.05) is 21.2 Å². The maximum atomic E-state index is 12.8. The molecule has 0 fully saturated rings. The Morgan fingerprint density at radius 2 is 2.16 bits per heavy atom. The largest absolute Gasteiger partial charge is 0.480 e. The summed E-state index contributed by atoms with van der Waals surface area (Å²) in [7, 11) is 0. The molecule has 0 unspecified atom stereocenters. The number of carbonyl (C=O) groups excluding carboxylic acids is 1. The van der Waals surface area contributed by atoms with E-state index in [0.717, 1.165) is 3.57 Å². The molecule has 0 aromatic heterocycles. The summed E-state index contributed by atoms with van der Waals surface area (Å²) in [4.78, 5) is 22.1. The SMILES string of the molecule is N[C@@H](CCC(=O)Nc1ccc([125I])cc1CF)C(=O)O. The van der Waals surface area contributed by atoms with Crippen molar-refractivity contribution >= 4 is 40.2 Å². The van der Waals surface area contributed by atoms with E-state index in [0.29, 0.717) is 11.3 Å². The van der Waals surface area contributed by atoms with Gasteiger partial charge >= 0.3 is 5.97 Å². The van der Waals surface area contributed by atoms with E-state index in [1.54, 1.807) is 18.2 Å². The normalized spacial score (nSPS) is 11.9. The molecule has 7 heteroatoms. The number of alkyl halides is 1. The number of anilines is 1. The van der Waals surface area contributed by atoms with Crippen molar-refractivity contribution in [3.05, 3.63) is 27.3 Å². The lowest BCUT2D eigenvalue weighted by Gasteiger charge is -2.10. The first-order valence-corrected chi connectivity index (χ1v) is 6.64. The van der Waals surface area contributed by atoms with Crippen LogP contribution in [0.5, 0.6) is 0 Å². The predicted octanol–water partition coefficient (Wildman–Crippen LogP) is 1.89. The fraction of sp³-hybridized carbons (Fsp3) is 0.333. The van der Waals surface area contributed by atoms with Crippen molar-refractivity contribution in [2.75, 3.05) is 5.32 Å². The lowest BCUT2D eigenvalue weighted by Crippen LogP contribution is -2.31. The molecule has 1 rings (SSSR count). The summed E-state index contributed by atoms with van der Waals surface area (Å²) < 4.78 is 13.7. The first-order valence-electron chi connectivity index (χ1n) is 5.56. The van der Waals surface area contributed by atoms with Crippen LogP contribution in [-0.2, 0) is 16.3 Å². The Balaban J connectivity index is 2.60. The molecule has 1 aromatic rings. The van der Waals surface area contributed by atoms with Crippen LogP contribution < -0.4 is 11.1 Å². The minimum Gasteiger partial charge on any atom is -0.480 e. The van der Waals surface area contributed by atoms with Crippen LogP contribution in [0.25, 0.3) is 0 Å². The molecule has 104 valence electrons. The van der Waals surface area contributed by atoms with E-state index in [1.807, 2.05) is 0 Å². The Kier molecular flexibility index (Phi) is 6.16. The Bertz CT molecular complexity index is 482. The lowest BCUT2D eigenvalue weighted by molar-refractivity contribution is -0.138. The lowest BCUT2D eigenvalue weighted by atomic mass is 10.1. The van der Waals surface area contributed by atoms with E-state index >= 15 is 0 Å². The van der Waals surface area contributed by atoms with Crippen LogP contribution in [0.3, 0.4) is 0 Å². The van der Waals surface area contributed by atoms with Crippen LogP contribution >= 0.6 is 22.6 Å². The van der Waals surface area contributed by atoms with E-state index in [9.17, 15) is 14.0 Å². The number of aliphatic carboxylic acids is 1. The zero-order chi connectivity index (χ0) is 14.4. The maximum Gasteiger partial charge on any atom is 0.320 e. The van der Waals surface area contributed by atoms with Gasteiger partial charge in [0.15, 0.2) is 0 Å². The number of carboxylic acid groups (broad SMARTS) is 1. The van der Waals surface area contributed by atoms with Crippen LogP contribution in [-0.4, -0.2) is 23.0 Å². The second-order valence-electron chi connectivity index (χ2n) is 3.97. The van der Waals surface area contributed by atoms with Gasteiger partial charge in [0.25, 0.3) is 0 Å². The number of nitrogens with two attached hydrogens (primary N) is 1. The number of hydrogen-bond donors (Lipinski definition) is 3. The highest BCUT2D eigenvalue weighted by molar-refractivity contribution is 14.1. The Hall–Kier alpha value is -1.22. The molecule has 0 saturated carbocycles. The van der Waals surface area contributed by atoms with Gasteiger partial charge in [0.1, 0.15) is 12.7 Å². The fourth-order valence-corrected chi connectivity index (χ4v) is 1.97. The van der Waals surface area contributed by atoms with Gasteiger partial charge in [-0.3, -0.25) is 9.59 Å². The van der Waals surface area contributed by atoms with Gasteiger partial charge in [-0.05, 0) is 47.2 Å². The van der Waals surface area contributed by atoms with E-state index in [4.69, 9.17) is 10.8 Å². The van der Waals surface area contributed by atoms with E-state index < -0.39 is 18.7 Å². The van der Waals surface area contributed by atoms with Crippen molar-refractivity contribution in [3.63, 3.8) is 0 Å². The zero-order valence-electron chi connectivity index (χ0n) is 10.0. The summed E-state index contributed by atoms with van der Waals surface area (Å²) in [6.45, 7) is -0.679. The Morgan fingerprint density at radius 1 is 1.47 bits per heavy atom. The standard InChI is InChI=1S/C12H14FIN2O3/c13-6-7-5-8(14)1-3-10(7)16-11(17)4-2-9(15)12(18)19/h1,3,5,9H,2,4,6,15H2,(H,16,17)(H,18,19)/t9-/m0/s1/i14-2. The van der Waals surface area contributed by atoms with Crippen LogP contribution in [0, 0.1) is 3.57 Å². The maximum absolute atomic E-state index is 12.8. The first-order chi connectivity index (χ1) is 8.93. The summed E-state index contributed by atoms with van der Waals surface area (Å²) in [6, 6.07) is 3.94. The molecule has 0 saturated heterocycles. The Morgan fingerprint density at radius 3 is 2.74 bits per heavy atom. The van der Waals surface area contributed by atoms with Crippen molar-refractivity contribution in [1.29, 1.82) is 0 Å². The van der Waals surface area contributed by atoms with Gasteiger partial charge in [-0.25, -0.2) is 4.39 Å². The van der Waals surface area contributed by atoms with E-state index in [1.165, 1.54) is 0 Å². The average molecular weight is 378 g/mol. The number of carbonyl (C=O) groups is 2. The van der Waals surface area contributed by atoms with Crippen molar-refractivity contribution in [2.45, 2.75) is 25.6 Å². The van der Waals surface area contributed by atoms with Crippen LogP contribution in [0.15, 0.2) is 18.2 Å². The second-order valence-corrected chi connectivity index (χ2v) is 5.21. The first kappa shape index (κ1) is 15.8. The van der Waals surface area contributed by atoms with Gasteiger partial charge in [-0.2, -0.15) is 0 Å². The monoisotopic (exact) mass is 378 g/mol. The summed E-state index contributed by atoms with van der Waals surface area (Å²) in [5, 5.41) is 11.1. The second kappa shape index (κ2) is 7.39. The number of carboxylic acids is 1. The molecule has 1 aromatic carbocycles. The van der Waals surface area contributed by atoms with Gasteiger partial charge in [0.2, 0.25) is 5.91 Å². The number of hydrogen-bond acceptors (Lipinski definition) is 3. The van der Waals surface area contributed by atoms with Crippen LogP contribution in [0.1, 0.15) is 18.4 Å². The van der Waals surface area contributed by atoms with Gasteiger partial charge in [-0.1, -0.05) is 0 Å². The molecule has 4 N–H and O–H groups in total. The molecule has 0 radical (unpaired) electrons. The molecule has 0 spiro atoms. The molecule has 0 aliphatic heterocycles. The molecule has 1 atom stereocenters. The third-order valence-corrected chi connectivity index (χ3v) is 3.16. The minimum absolute atomic E-state index is 0.0226.